The molecule has 6 heteroatoms. The number of hydrogen-bond acceptors (Lipinski definition) is 4. The summed E-state index contributed by atoms with van der Waals surface area (Å²) in [4.78, 5) is 25.1. The molecule has 0 radical (unpaired) electrons. The van der Waals surface area contributed by atoms with E-state index in [-0.39, 0.29) is 18.4 Å². The number of ether oxygens (including phenoxy) is 1. The first-order chi connectivity index (χ1) is 9.47. The SMILES string of the molecule is CCN(CC(=O)Nc1cccc(OC)c1)C(=O)C(C)N. The summed E-state index contributed by atoms with van der Waals surface area (Å²) in [5, 5.41) is 2.72. The number of rotatable bonds is 6. The van der Waals surface area contributed by atoms with Crippen LogP contribution in [0.25, 0.3) is 0 Å². The standard InChI is InChI=1S/C14H21N3O3/c1-4-17(14(19)10(2)15)9-13(18)16-11-6-5-7-12(8-11)20-3/h5-8,10H,4,9,15H2,1-3H3,(H,16,18). The molecule has 0 heterocycles. The van der Waals surface area contributed by atoms with Crippen molar-refractivity contribution in [3.05, 3.63) is 24.3 Å². The van der Waals surface area contributed by atoms with E-state index in [1.54, 1.807) is 45.2 Å². The van der Waals surface area contributed by atoms with E-state index < -0.39 is 6.04 Å². The molecule has 1 aromatic carbocycles. The molecule has 1 atom stereocenters. The summed E-state index contributed by atoms with van der Waals surface area (Å²) in [7, 11) is 1.56. The maximum absolute atomic E-state index is 11.9. The van der Waals surface area contributed by atoms with Crippen LogP contribution in [-0.2, 0) is 9.59 Å². The zero-order valence-corrected chi connectivity index (χ0v) is 12.1. The highest BCUT2D eigenvalue weighted by Crippen LogP contribution is 2.16. The zero-order chi connectivity index (χ0) is 15.1. The Labute approximate surface area is 118 Å². The van der Waals surface area contributed by atoms with Crippen molar-refractivity contribution in [1.29, 1.82) is 0 Å². The Morgan fingerprint density at radius 3 is 2.70 bits per heavy atom. The van der Waals surface area contributed by atoms with E-state index in [1.165, 1.54) is 4.90 Å². The third-order valence-electron chi connectivity index (χ3n) is 2.77. The average molecular weight is 279 g/mol. The minimum atomic E-state index is -0.612. The van der Waals surface area contributed by atoms with Gasteiger partial charge in [0.1, 0.15) is 5.75 Å². The summed E-state index contributed by atoms with van der Waals surface area (Å²) in [6.07, 6.45) is 0. The van der Waals surface area contributed by atoms with Gasteiger partial charge in [0.25, 0.3) is 0 Å². The molecule has 0 fully saturated rings. The van der Waals surface area contributed by atoms with Crippen molar-refractivity contribution in [2.45, 2.75) is 19.9 Å². The lowest BCUT2D eigenvalue weighted by atomic mass is 10.3. The van der Waals surface area contributed by atoms with Crippen molar-refractivity contribution in [1.82, 2.24) is 4.90 Å². The fraction of sp³-hybridized carbons (Fsp3) is 0.429. The summed E-state index contributed by atoms with van der Waals surface area (Å²) in [5.74, 6) is 0.143. The lowest BCUT2D eigenvalue weighted by Gasteiger charge is -2.22. The van der Waals surface area contributed by atoms with E-state index >= 15 is 0 Å². The molecule has 1 rings (SSSR count). The Morgan fingerprint density at radius 2 is 2.15 bits per heavy atom. The third-order valence-corrected chi connectivity index (χ3v) is 2.77. The van der Waals surface area contributed by atoms with Crippen molar-refractivity contribution in [3.8, 4) is 5.75 Å². The van der Waals surface area contributed by atoms with Crippen LogP contribution in [-0.4, -0.2) is 43.0 Å². The molecule has 0 aliphatic heterocycles. The Bertz CT molecular complexity index is 474. The number of carbonyl (C=O) groups excluding carboxylic acids is 2. The van der Waals surface area contributed by atoms with Crippen LogP contribution in [0.15, 0.2) is 24.3 Å². The van der Waals surface area contributed by atoms with Crippen molar-refractivity contribution < 1.29 is 14.3 Å². The first-order valence-electron chi connectivity index (χ1n) is 6.46. The first kappa shape index (κ1) is 16.0. The molecule has 1 unspecified atom stereocenters. The highest BCUT2D eigenvalue weighted by atomic mass is 16.5. The number of amides is 2. The third kappa shape index (κ3) is 4.55. The molecule has 20 heavy (non-hydrogen) atoms. The monoisotopic (exact) mass is 279 g/mol. The van der Waals surface area contributed by atoms with Gasteiger partial charge in [-0.1, -0.05) is 6.07 Å². The quantitative estimate of drug-likeness (QED) is 0.807. The summed E-state index contributed by atoms with van der Waals surface area (Å²) in [5.41, 5.74) is 6.16. The smallest absolute Gasteiger partial charge is 0.243 e. The number of anilines is 1. The van der Waals surface area contributed by atoms with Gasteiger partial charge in [0.05, 0.1) is 19.7 Å². The maximum Gasteiger partial charge on any atom is 0.243 e. The molecule has 0 saturated carbocycles. The van der Waals surface area contributed by atoms with Crippen molar-refractivity contribution in [2.24, 2.45) is 5.73 Å². The molecular formula is C14H21N3O3. The second kappa shape index (κ2) is 7.49. The van der Waals surface area contributed by atoms with Crippen LogP contribution in [0.4, 0.5) is 5.69 Å². The van der Waals surface area contributed by atoms with E-state index in [9.17, 15) is 9.59 Å². The summed E-state index contributed by atoms with van der Waals surface area (Å²) < 4.78 is 5.08. The lowest BCUT2D eigenvalue weighted by Crippen LogP contribution is -2.45. The van der Waals surface area contributed by atoms with Crippen LogP contribution in [0.1, 0.15) is 13.8 Å². The number of nitrogens with zero attached hydrogens (tertiary/aromatic N) is 1. The lowest BCUT2D eigenvalue weighted by molar-refractivity contribution is -0.135. The fourth-order valence-electron chi connectivity index (χ4n) is 1.71. The Morgan fingerprint density at radius 1 is 1.45 bits per heavy atom. The van der Waals surface area contributed by atoms with Crippen LogP contribution in [0.2, 0.25) is 0 Å². The van der Waals surface area contributed by atoms with Gasteiger partial charge in [-0.3, -0.25) is 9.59 Å². The fourth-order valence-corrected chi connectivity index (χ4v) is 1.71. The van der Waals surface area contributed by atoms with Gasteiger partial charge in [0.2, 0.25) is 11.8 Å². The van der Waals surface area contributed by atoms with Gasteiger partial charge < -0.3 is 20.7 Å². The number of hydrogen-bond donors (Lipinski definition) is 2. The van der Waals surface area contributed by atoms with Crippen LogP contribution in [0.3, 0.4) is 0 Å². The first-order valence-corrected chi connectivity index (χ1v) is 6.46. The van der Waals surface area contributed by atoms with Gasteiger partial charge in [-0.15, -0.1) is 0 Å². The number of nitrogens with two attached hydrogens (primary N) is 1. The van der Waals surface area contributed by atoms with Gasteiger partial charge in [-0.25, -0.2) is 0 Å². The molecule has 0 saturated heterocycles. The predicted octanol–water partition coefficient (Wildman–Crippen LogP) is 0.829. The second-order valence-electron chi connectivity index (χ2n) is 4.42. The van der Waals surface area contributed by atoms with E-state index in [1.807, 2.05) is 0 Å². The van der Waals surface area contributed by atoms with Crippen LogP contribution >= 0.6 is 0 Å². The van der Waals surface area contributed by atoms with Gasteiger partial charge in [-0.05, 0) is 26.0 Å². The van der Waals surface area contributed by atoms with Crippen LogP contribution < -0.4 is 15.8 Å². The van der Waals surface area contributed by atoms with E-state index in [0.29, 0.717) is 18.0 Å². The summed E-state index contributed by atoms with van der Waals surface area (Å²) in [6, 6.07) is 6.41. The van der Waals surface area contributed by atoms with Crippen molar-refractivity contribution in [3.63, 3.8) is 0 Å². The topological polar surface area (TPSA) is 84.7 Å². The predicted molar refractivity (Wildman–Crippen MR) is 77.5 cm³/mol. The zero-order valence-electron chi connectivity index (χ0n) is 12.1. The normalized spacial score (nSPS) is 11.6. The number of likely N-dealkylation sites (N-methyl/N-ethyl adjacent to an activating group) is 1. The number of carbonyl (C=O) groups is 2. The van der Waals surface area contributed by atoms with Gasteiger partial charge >= 0.3 is 0 Å². The minimum absolute atomic E-state index is 0.0198. The van der Waals surface area contributed by atoms with Gasteiger partial charge in [0, 0.05) is 18.3 Å². The molecule has 1 aromatic rings. The van der Waals surface area contributed by atoms with Crippen molar-refractivity contribution >= 4 is 17.5 Å². The van der Waals surface area contributed by atoms with Gasteiger partial charge in [0.15, 0.2) is 0 Å². The van der Waals surface area contributed by atoms with E-state index in [2.05, 4.69) is 5.32 Å². The second-order valence-corrected chi connectivity index (χ2v) is 4.42. The highest BCUT2D eigenvalue weighted by Gasteiger charge is 2.18. The molecule has 110 valence electrons. The van der Waals surface area contributed by atoms with Crippen molar-refractivity contribution in [2.75, 3.05) is 25.5 Å². The minimum Gasteiger partial charge on any atom is -0.497 e. The molecular weight excluding hydrogens is 258 g/mol. The molecule has 0 spiro atoms. The summed E-state index contributed by atoms with van der Waals surface area (Å²) >= 11 is 0. The highest BCUT2D eigenvalue weighted by molar-refractivity contribution is 5.95. The number of benzene rings is 1. The summed E-state index contributed by atoms with van der Waals surface area (Å²) in [6.45, 7) is 3.82. The van der Waals surface area contributed by atoms with E-state index in [4.69, 9.17) is 10.5 Å². The number of methoxy groups -OCH3 is 1. The Hall–Kier alpha value is -2.08. The molecule has 6 nitrogen and oxygen atoms in total. The Kier molecular flexibility index (Phi) is 5.99. The molecule has 2 amide bonds. The molecule has 0 bridgehead atoms. The largest absolute Gasteiger partial charge is 0.497 e. The number of nitrogens with one attached hydrogen (secondary N) is 1. The molecule has 0 aliphatic rings. The molecule has 3 N–H and O–H groups in total. The van der Waals surface area contributed by atoms with Gasteiger partial charge in [-0.2, -0.15) is 0 Å². The van der Waals surface area contributed by atoms with Crippen LogP contribution in [0, 0.1) is 0 Å². The average Bonchev–Trinajstić information content (AvgIpc) is 2.44. The van der Waals surface area contributed by atoms with Crippen LogP contribution in [0.5, 0.6) is 5.75 Å². The maximum atomic E-state index is 11.9. The molecule has 0 aromatic heterocycles. The van der Waals surface area contributed by atoms with E-state index in [0.717, 1.165) is 0 Å². The molecule has 0 aliphatic carbocycles. The Balaban J connectivity index is 2.64.